The molecule has 12 rings (SSSR count). The van der Waals surface area contributed by atoms with E-state index < -0.39 is 11.6 Å². The van der Waals surface area contributed by atoms with Crippen molar-refractivity contribution in [3.8, 4) is 34.2 Å². The van der Waals surface area contributed by atoms with Gasteiger partial charge in [-0.05, 0) is 111 Å². The molecule has 0 N–H and O–H groups in total. The molecule has 79 heavy (non-hydrogen) atoms. The molecule has 426 valence electrons. The summed E-state index contributed by atoms with van der Waals surface area (Å²) in [5.41, 5.74) is 2.30. The number of hydrogen-bond acceptors (Lipinski definition) is 15. The van der Waals surface area contributed by atoms with Gasteiger partial charge < -0.3 is 14.7 Å². The molecule has 3 aromatic carbocycles. The molecule has 0 atom stereocenters. The highest BCUT2D eigenvalue weighted by Gasteiger charge is 2.26. The van der Waals surface area contributed by atoms with Crippen molar-refractivity contribution in [1.29, 1.82) is 0 Å². The van der Waals surface area contributed by atoms with Gasteiger partial charge in [-0.15, -0.1) is 0 Å². The molecule has 0 bridgehead atoms. The molecule has 3 aliphatic heterocycles. The number of nitrogens with zero attached hydrogens (tertiary/aromatic N) is 12. The lowest BCUT2D eigenvalue weighted by Crippen LogP contribution is -2.46. The summed E-state index contributed by atoms with van der Waals surface area (Å²) in [6.07, 6.45) is 25.6. The number of anilines is 3. The maximum Gasteiger partial charge on any atom is 0.205 e. The van der Waals surface area contributed by atoms with Crippen LogP contribution in [0, 0.1) is 35.2 Å². The highest BCUT2D eigenvalue weighted by atomic mass is 35.5. The molecule has 6 fully saturated rings. The largest absolute Gasteiger partial charge is 0.344 e. The van der Waals surface area contributed by atoms with E-state index in [1.54, 1.807) is 6.07 Å². The third-order valence-electron chi connectivity index (χ3n) is 17.3. The lowest BCUT2D eigenvalue weighted by Gasteiger charge is -2.35. The predicted molar refractivity (Wildman–Crippen MR) is 320 cm³/mol. The number of piperazine rings is 3. The normalized spacial score (nSPS) is 19.7. The van der Waals surface area contributed by atoms with Gasteiger partial charge in [0.2, 0.25) is 15.4 Å². The summed E-state index contributed by atoms with van der Waals surface area (Å²) in [5.74, 6) is 2.81. The van der Waals surface area contributed by atoms with Gasteiger partial charge in [-0.3, -0.25) is 14.7 Å². The van der Waals surface area contributed by atoms with Crippen molar-refractivity contribution in [1.82, 2.24) is 42.8 Å². The maximum absolute atomic E-state index is 13.4. The van der Waals surface area contributed by atoms with Crippen LogP contribution in [0.25, 0.3) is 34.2 Å². The van der Waals surface area contributed by atoms with Gasteiger partial charge in [0.25, 0.3) is 0 Å². The summed E-state index contributed by atoms with van der Waals surface area (Å²) < 4.78 is 53.2. The van der Waals surface area contributed by atoms with Gasteiger partial charge in [0.05, 0.1) is 0 Å². The van der Waals surface area contributed by atoms with Gasteiger partial charge in [0.1, 0.15) is 5.82 Å². The SMILES string of the molecule is Clc1ccc(-c2nsc(N3CCN(CCC4CCCCC4)CC3)n2)cc1.Fc1ccc(-c2nsc(N3CCN(CCC4CCCCC4)CC3)n2)cc1F.Fc1cccc(-c2nsc(N3CCN(CCC4CCCCC4)CC3)n2)c1. The Labute approximate surface area is 484 Å². The lowest BCUT2D eigenvalue weighted by atomic mass is 9.87. The van der Waals surface area contributed by atoms with Crippen LogP contribution in [0.15, 0.2) is 66.7 Å². The maximum atomic E-state index is 13.4. The minimum absolute atomic E-state index is 0.245. The third kappa shape index (κ3) is 17.1. The first-order chi connectivity index (χ1) is 38.7. The monoisotopic (exact) mass is 1160 g/mol. The Morgan fingerprint density at radius 2 is 0.772 bits per heavy atom. The van der Waals surface area contributed by atoms with E-state index in [1.807, 2.05) is 30.3 Å². The smallest absolute Gasteiger partial charge is 0.205 e. The number of benzene rings is 3. The van der Waals surface area contributed by atoms with E-state index >= 15 is 0 Å². The summed E-state index contributed by atoms with van der Waals surface area (Å²) in [6, 6.07) is 18.1. The van der Waals surface area contributed by atoms with Crippen molar-refractivity contribution in [3.63, 3.8) is 0 Å². The molecule has 0 radical (unpaired) electrons. The minimum Gasteiger partial charge on any atom is -0.344 e. The van der Waals surface area contributed by atoms with Crippen LogP contribution in [0.5, 0.6) is 0 Å². The van der Waals surface area contributed by atoms with Crippen LogP contribution in [-0.2, 0) is 0 Å². The quantitative estimate of drug-likeness (QED) is 0.0979. The van der Waals surface area contributed by atoms with Crippen LogP contribution in [0.2, 0.25) is 5.02 Å². The molecule has 0 unspecified atom stereocenters. The molecule has 0 spiro atoms. The minimum atomic E-state index is -0.865. The second kappa shape index (κ2) is 29.6. The fourth-order valence-corrected chi connectivity index (χ4v) is 14.6. The molecule has 3 aliphatic carbocycles. The number of hydrogen-bond donors (Lipinski definition) is 0. The first kappa shape index (κ1) is 57.9. The fourth-order valence-electron chi connectivity index (χ4n) is 12.3. The molecule has 3 aromatic heterocycles. The van der Waals surface area contributed by atoms with E-state index in [-0.39, 0.29) is 5.82 Å². The van der Waals surface area contributed by atoms with Gasteiger partial charge in [0.15, 0.2) is 29.1 Å². The highest BCUT2D eigenvalue weighted by molar-refractivity contribution is 7.10. The van der Waals surface area contributed by atoms with Crippen LogP contribution in [0.4, 0.5) is 28.6 Å². The van der Waals surface area contributed by atoms with E-state index in [9.17, 15) is 13.2 Å². The Balaban J connectivity index is 0.000000134. The summed E-state index contributed by atoms with van der Waals surface area (Å²) in [6.45, 7) is 16.3. The fraction of sp³-hybridized carbons (Fsp3) is 0.600. The van der Waals surface area contributed by atoms with Crippen molar-refractivity contribution in [2.45, 2.75) is 116 Å². The van der Waals surface area contributed by atoms with E-state index in [0.29, 0.717) is 17.2 Å². The Hall–Kier alpha value is -4.30. The number of halogens is 4. The first-order valence-corrected chi connectivity index (χ1v) is 32.3. The van der Waals surface area contributed by atoms with E-state index in [1.165, 1.54) is 188 Å². The summed E-state index contributed by atoms with van der Waals surface area (Å²) in [5, 5.41) is 3.60. The standard InChI is InChI=1S/C20H27ClN4S.C20H26F2N4S.C20H27FN4S/c21-18-8-6-17(7-9-18)19-22-20(26-23-19)25-14-12-24(13-15-25)11-10-16-4-2-1-3-5-16;21-17-7-6-16(14-18(17)22)19-23-20(27-24-19)26-12-10-25(11-13-26)9-8-15-4-2-1-3-5-15;21-18-8-4-7-17(15-18)19-22-20(26-23-19)25-13-11-24(12-14-25)10-9-16-5-2-1-3-6-16/h6-9,16H,1-5,10-15H2;6-7,14-15H,1-5,8-13H2;4,7-8,15-16H,1-3,5-6,9-14H2. The Kier molecular flexibility index (Phi) is 21.7. The Bertz CT molecular complexity index is 2740. The summed E-state index contributed by atoms with van der Waals surface area (Å²) in [7, 11) is 0. The highest BCUT2D eigenvalue weighted by Crippen LogP contribution is 2.32. The number of rotatable bonds is 15. The zero-order valence-electron chi connectivity index (χ0n) is 46.0. The Morgan fingerprint density at radius 1 is 0.405 bits per heavy atom. The topological polar surface area (TPSA) is 96.8 Å². The molecule has 3 saturated heterocycles. The molecule has 3 saturated carbocycles. The third-order valence-corrected chi connectivity index (χ3v) is 19.9. The lowest BCUT2D eigenvalue weighted by molar-refractivity contribution is 0.221. The van der Waals surface area contributed by atoms with Crippen molar-refractivity contribution in [3.05, 3.63) is 89.2 Å². The molecule has 12 nitrogen and oxygen atoms in total. The van der Waals surface area contributed by atoms with Gasteiger partial charge in [-0.25, -0.2) is 13.2 Å². The van der Waals surface area contributed by atoms with Crippen molar-refractivity contribution < 1.29 is 13.2 Å². The van der Waals surface area contributed by atoms with Gasteiger partial charge in [-0.2, -0.15) is 28.1 Å². The van der Waals surface area contributed by atoms with Crippen molar-refractivity contribution in [2.24, 2.45) is 17.8 Å². The summed E-state index contributed by atoms with van der Waals surface area (Å²) >= 11 is 10.2. The van der Waals surface area contributed by atoms with Gasteiger partial charge >= 0.3 is 0 Å². The molecule has 0 amide bonds. The van der Waals surface area contributed by atoms with Gasteiger partial charge in [-0.1, -0.05) is 120 Å². The molecular weight excluding hydrogens is 1080 g/mol. The van der Waals surface area contributed by atoms with E-state index in [0.717, 1.165) is 146 Å². The predicted octanol–water partition coefficient (Wildman–Crippen LogP) is 14.0. The molecule has 19 heteroatoms. The first-order valence-electron chi connectivity index (χ1n) is 29.6. The molecule has 6 aliphatic rings. The van der Waals surface area contributed by atoms with Crippen LogP contribution in [-0.4, -0.2) is 141 Å². The van der Waals surface area contributed by atoms with Crippen LogP contribution < -0.4 is 14.7 Å². The molecule has 6 aromatic rings. The second-order valence-corrected chi connectivity index (χ2v) is 25.3. The average Bonchev–Trinajstić information content (AvgIpc) is 4.34. The van der Waals surface area contributed by atoms with E-state index in [4.69, 9.17) is 16.6 Å². The van der Waals surface area contributed by atoms with Crippen LogP contribution in [0.3, 0.4) is 0 Å². The summed E-state index contributed by atoms with van der Waals surface area (Å²) in [4.78, 5) is 28.7. The molecular formula is C60H80ClF3N12S3. The zero-order chi connectivity index (χ0) is 54.2. The second-order valence-electron chi connectivity index (χ2n) is 22.7. The molecule has 6 heterocycles. The van der Waals surface area contributed by atoms with Crippen molar-refractivity contribution in [2.75, 3.05) is 113 Å². The van der Waals surface area contributed by atoms with Crippen LogP contribution >= 0.6 is 46.2 Å². The Morgan fingerprint density at radius 3 is 1.15 bits per heavy atom. The van der Waals surface area contributed by atoms with E-state index in [2.05, 4.69) is 52.5 Å². The van der Waals surface area contributed by atoms with Crippen molar-refractivity contribution >= 4 is 61.6 Å². The zero-order valence-corrected chi connectivity index (χ0v) is 49.2. The number of aromatic nitrogens is 6. The average molecular weight is 1160 g/mol. The van der Waals surface area contributed by atoms with Crippen LogP contribution in [0.1, 0.15) is 116 Å². The van der Waals surface area contributed by atoms with Gasteiger partial charge in [0, 0.05) is 135 Å².